The average molecular weight is 179 g/mol. The molecule has 0 aromatic rings. The standard InChI is InChI=1S/C5H9NO4S/c1-11(6,10)3-2-4(7)5(8)9/h6H,2-3H2,1H3,(H,8,9). The second-order valence-corrected chi connectivity index (χ2v) is 4.61. The Morgan fingerprint density at radius 3 is 2.27 bits per heavy atom. The molecule has 1 atom stereocenters. The number of nitrogens with one attached hydrogen (secondary N) is 1. The number of carbonyl (C=O) groups excluding carboxylic acids is 1. The van der Waals surface area contributed by atoms with Crippen molar-refractivity contribution in [1.29, 1.82) is 4.78 Å². The molecule has 0 radical (unpaired) electrons. The Morgan fingerprint density at radius 2 is 2.00 bits per heavy atom. The van der Waals surface area contributed by atoms with Crippen molar-refractivity contribution < 1.29 is 18.9 Å². The van der Waals surface area contributed by atoms with Crippen LogP contribution in [0.5, 0.6) is 0 Å². The number of carbonyl (C=O) groups is 2. The highest BCUT2D eigenvalue weighted by Gasteiger charge is 2.12. The largest absolute Gasteiger partial charge is 0.476 e. The molecule has 11 heavy (non-hydrogen) atoms. The van der Waals surface area contributed by atoms with Crippen molar-refractivity contribution in [3.63, 3.8) is 0 Å². The molecular weight excluding hydrogens is 170 g/mol. The van der Waals surface area contributed by atoms with Gasteiger partial charge in [-0.15, -0.1) is 0 Å². The number of carboxylic acid groups (broad SMARTS) is 1. The van der Waals surface area contributed by atoms with Gasteiger partial charge < -0.3 is 5.11 Å². The summed E-state index contributed by atoms with van der Waals surface area (Å²) in [4.78, 5) is 20.3. The molecule has 0 fully saturated rings. The van der Waals surface area contributed by atoms with E-state index in [0.29, 0.717) is 0 Å². The van der Waals surface area contributed by atoms with E-state index < -0.39 is 21.5 Å². The van der Waals surface area contributed by atoms with Gasteiger partial charge in [0.2, 0.25) is 5.78 Å². The van der Waals surface area contributed by atoms with Crippen LogP contribution < -0.4 is 0 Å². The van der Waals surface area contributed by atoms with E-state index in [0.717, 1.165) is 0 Å². The third-order valence-electron chi connectivity index (χ3n) is 0.957. The van der Waals surface area contributed by atoms with Gasteiger partial charge in [-0.3, -0.25) is 13.8 Å². The lowest BCUT2D eigenvalue weighted by atomic mass is 10.3. The van der Waals surface area contributed by atoms with Crippen LogP contribution in [0.15, 0.2) is 0 Å². The molecule has 6 heteroatoms. The number of carboxylic acids is 1. The maximum absolute atomic E-state index is 10.6. The molecule has 0 spiro atoms. The highest BCUT2D eigenvalue weighted by atomic mass is 32.2. The summed E-state index contributed by atoms with van der Waals surface area (Å²) in [6.45, 7) is 0. The zero-order valence-corrected chi connectivity index (χ0v) is 6.81. The van der Waals surface area contributed by atoms with Crippen molar-refractivity contribution in [3.8, 4) is 0 Å². The number of rotatable bonds is 4. The number of Topliss-reactive ketones (excluding diaryl/α,β-unsaturated/α-hetero) is 1. The van der Waals surface area contributed by atoms with Crippen LogP contribution >= 0.6 is 0 Å². The van der Waals surface area contributed by atoms with Gasteiger partial charge in [-0.05, 0) is 0 Å². The van der Waals surface area contributed by atoms with E-state index in [2.05, 4.69) is 0 Å². The first-order chi connectivity index (χ1) is 4.83. The topological polar surface area (TPSA) is 95.3 Å². The Hall–Kier alpha value is -0.910. The van der Waals surface area contributed by atoms with E-state index in [1.165, 1.54) is 6.26 Å². The summed E-state index contributed by atoms with van der Waals surface area (Å²) in [6, 6.07) is 0. The van der Waals surface area contributed by atoms with Gasteiger partial charge in [-0.25, -0.2) is 4.79 Å². The molecule has 1 unspecified atom stereocenters. The highest BCUT2D eigenvalue weighted by molar-refractivity contribution is 7.91. The maximum Gasteiger partial charge on any atom is 0.372 e. The molecule has 0 aliphatic carbocycles. The predicted molar refractivity (Wildman–Crippen MR) is 38.9 cm³/mol. The first kappa shape index (κ1) is 10.1. The minimum Gasteiger partial charge on any atom is -0.476 e. The fraction of sp³-hybridized carbons (Fsp3) is 0.600. The Bertz CT molecular complexity index is 266. The van der Waals surface area contributed by atoms with Gasteiger partial charge in [-0.1, -0.05) is 0 Å². The van der Waals surface area contributed by atoms with E-state index in [-0.39, 0.29) is 12.2 Å². The van der Waals surface area contributed by atoms with Crippen LogP contribution in [0.25, 0.3) is 0 Å². The summed E-state index contributed by atoms with van der Waals surface area (Å²) in [7, 11) is -2.74. The molecule has 0 rings (SSSR count). The van der Waals surface area contributed by atoms with Crippen molar-refractivity contribution >= 4 is 21.5 Å². The molecule has 0 aliphatic rings. The Morgan fingerprint density at radius 1 is 1.55 bits per heavy atom. The molecule has 5 nitrogen and oxygen atoms in total. The lowest BCUT2D eigenvalue weighted by molar-refractivity contribution is -0.148. The zero-order valence-electron chi connectivity index (χ0n) is 5.99. The molecule has 0 aliphatic heterocycles. The van der Waals surface area contributed by atoms with E-state index in [4.69, 9.17) is 9.89 Å². The zero-order chi connectivity index (χ0) is 9.07. The summed E-state index contributed by atoms with van der Waals surface area (Å²) in [6.07, 6.45) is 0.844. The molecular formula is C5H9NO4S. The average Bonchev–Trinajstić information content (AvgIpc) is 1.80. The predicted octanol–water partition coefficient (Wildman–Crippen LogP) is -0.293. The van der Waals surface area contributed by atoms with E-state index in [1.54, 1.807) is 0 Å². The van der Waals surface area contributed by atoms with Crippen LogP contribution in [0.2, 0.25) is 0 Å². The quantitative estimate of drug-likeness (QED) is 0.579. The summed E-state index contributed by atoms with van der Waals surface area (Å²) in [5, 5.41) is 8.08. The fourth-order valence-corrected chi connectivity index (χ4v) is 0.969. The van der Waals surface area contributed by atoms with Crippen LogP contribution in [0.3, 0.4) is 0 Å². The summed E-state index contributed by atoms with van der Waals surface area (Å²) >= 11 is 0. The third-order valence-corrected chi connectivity index (χ3v) is 1.94. The molecule has 0 saturated heterocycles. The third kappa shape index (κ3) is 5.53. The van der Waals surface area contributed by atoms with Crippen molar-refractivity contribution in [2.24, 2.45) is 0 Å². The smallest absolute Gasteiger partial charge is 0.372 e. The lowest BCUT2D eigenvalue weighted by Crippen LogP contribution is -2.16. The van der Waals surface area contributed by atoms with Gasteiger partial charge in [0, 0.05) is 28.2 Å². The second-order valence-electron chi connectivity index (χ2n) is 2.19. The van der Waals surface area contributed by atoms with Gasteiger partial charge in [0.1, 0.15) is 0 Å². The van der Waals surface area contributed by atoms with Crippen molar-refractivity contribution in [2.45, 2.75) is 6.42 Å². The van der Waals surface area contributed by atoms with E-state index in [9.17, 15) is 13.8 Å². The van der Waals surface area contributed by atoms with Gasteiger partial charge in [0.05, 0.1) is 0 Å². The number of hydrogen-bond acceptors (Lipinski definition) is 4. The SMILES string of the molecule is CS(=N)(=O)CCC(=O)C(=O)O. The Labute approximate surface area is 64.4 Å². The van der Waals surface area contributed by atoms with Gasteiger partial charge in [0.25, 0.3) is 0 Å². The van der Waals surface area contributed by atoms with Crippen LogP contribution in [0.1, 0.15) is 6.42 Å². The van der Waals surface area contributed by atoms with Crippen LogP contribution in [0, 0.1) is 4.78 Å². The van der Waals surface area contributed by atoms with Crippen LogP contribution in [-0.4, -0.2) is 33.1 Å². The number of ketones is 1. The van der Waals surface area contributed by atoms with Gasteiger partial charge in [-0.2, -0.15) is 0 Å². The fourth-order valence-electron chi connectivity index (χ4n) is 0.394. The molecule has 0 heterocycles. The molecule has 2 N–H and O–H groups in total. The molecule has 0 bridgehead atoms. The summed E-state index contributed by atoms with van der Waals surface area (Å²) in [5.41, 5.74) is 0. The lowest BCUT2D eigenvalue weighted by Gasteiger charge is -1.95. The highest BCUT2D eigenvalue weighted by Crippen LogP contribution is 1.91. The molecule has 0 aromatic carbocycles. The Balaban J connectivity index is 3.92. The first-order valence-electron chi connectivity index (χ1n) is 2.80. The maximum atomic E-state index is 10.6. The number of aliphatic carboxylic acids is 1. The van der Waals surface area contributed by atoms with Gasteiger partial charge in [0.15, 0.2) is 0 Å². The molecule has 0 aromatic heterocycles. The van der Waals surface area contributed by atoms with Gasteiger partial charge >= 0.3 is 5.97 Å². The van der Waals surface area contributed by atoms with Crippen molar-refractivity contribution in [2.75, 3.05) is 12.0 Å². The van der Waals surface area contributed by atoms with E-state index in [1.807, 2.05) is 0 Å². The molecule has 64 valence electrons. The minimum absolute atomic E-state index is 0.182. The van der Waals surface area contributed by atoms with Crippen molar-refractivity contribution in [1.82, 2.24) is 0 Å². The monoisotopic (exact) mass is 179 g/mol. The number of hydrogen-bond donors (Lipinski definition) is 2. The summed E-state index contributed by atoms with van der Waals surface area (Å²) < 4.78 is 17.5. The first-order valence-corrected chi connectivity index (χ1v) is 4.94. The summed E-state index contributed by atoms with van der Waals surface area (Å²) in [5.74, 6) is -2.71. The normalized spacial score (nSPS) is 15.4. The molecule has 0 saturated carbocycles. The minimum atomic E-state index is -2.74. The van der Waals surface area contributed by atoms with Crippen LogP contribution in [-0.2, 0) is 19.3 Å². The van der Waals surface area contributed by atoms with E-state index >= 15 is 0 Å². The molecule has 0 amide bonds. The Kier molecular flexibility index (Phi) is 3.18. The second kappa shape index (κ2) is 3.47. The van der Waals surface area contributed by atoms with Crippen molar-refractivity contribution in [3.05, 3.63) is 0 Å². The van der Waals surface area contributed by atoms with Crippen LogP contribution in [0.4, 0.5) is 0 Å².